The van der Waals surface area contributed by atoms with Gasteiger partial charge in [0.1, 0.15) is 0 Å². The topological polar surface area (TPSA) is 95.5 Å². The summed E-state index contributed by atoms with van der Waals surface area (Å²) in [4.78, 5) is 35.0. The van der Waals surface area contributed by atoms with E-state index in [1.807, 2.05) is 6.07 Å². The third kappa shape index (κ3) is 7.16. The number of hydrogen-bond donors (Lipinski definition) is 3. The molecule has 3 N–H and O–H groups in total. The van der Waals surface area contributed by atoms with Gasteiger partial charge in [-0.15, -0.1) is 11.8 Å². The van der Waals surface area contributed by atoms with Crippen LogP contribution in [-0.4, -0.2) is 28.6 Å². The molecule has 0 saturated carbocycles. The number of thioether (sulfide) groups is 1. The molecule has 0 spiro atoms. The molecule has 0 saturated heterocycles. The summed E-state index contributed by atoms with van der Waals surface area (Å²) in [6.07, 6.45) is -0.304. The first-order chi connectivity index (χ1) is 12.4. The van der Waals surface area contributed by atoms with Crippen LogP contribution in [0.1, 0.15) is 12.8 Å². The van der Waals surface area contributed by atoms with Crippen LogP contribution in [0.2, 0.25) is 5.02 Å². The largest absolute Gasteiger partial charge is 0.481 e. The average Bonchev–Trinajstić information content (AvgIpc) is 2.60. The van der Waals surface area contributed by atoms with Gasteiger partial charge in [-0.25, -0.2) is 0 Å². The zero-order valence-corrected chi connectivity index (χ0v) is 15.3. The number of amides is 2. The van der Waals surface area contributed by atoms with Crippen molar-refractivity contribution in [3.8, 4) is 0 Å². The molecule has 0 heterocycles. The number of anilines is 2. The number of carboxylic acid groups (broad SMARTS) is 1. The van der Waals surface area contributed by atoms with Crippen LogP contribution >= 0.6 is 23.4 Å². The molecule has 6 nitrogen and oxygen atoms in total. The van der Waals surface area contributed by atoms with E-state index in [0.717, 1.165) is 4.90 Å². The van der Waals surface area contributed by atoms with Crippen molar-refractivity contribution >= 4 is 52.5 Å². The molecular weight excluding hydrogens is 376 g/mol. The highest BCUT2D eigenvalue weighted by Gasteiger charge is 2.08. The summed E-state index contributed by atoms with van der Waals surface area (Å²) in [6.45, 7) is 0. The highest BCUT2D eigenvalue weighted by Crippen LogP contribution is 2.22. The minimum Gasteiger partial charge on any atom is -0.481 e. The number of carboxylic acids is 1. The Morgan fingerprint density at radius 3 is 2.31 bits per heavy atom. The number of hydrogen-bond acceptors (Lipinski definition) is 4. The Kier molecular flexibility index (Phi) is 7.50. The molecule has 0 radical (unpaired) electrons. The number of carbonyl (C=O) groups is 3. The molecule has 0 atom stereocenters. The zero-order chi connectivity index (χ0) is 18.9. The van der Waals surface area contributed by atoms with E-state index < -0.39 is 5.97 Å². The van der Waals surface area contributed by atoms with E-state index in [1.165, 1.54) is 11.8 Å². The lowest BCUT2D eigenvalue weighted by molar-refractivity contribution is -0.138. The SMILES string of the molecule is O=C(O)CCC(=O)Nc1cccc(SCC(=O)Nc2ccc(Cl)cc2)c1. The van der Waals surface area contributed by atoms with E-state index in [0.29, 0.717) is 16.4 Å². The second-order valence-electron chi connectivity index (χ2n) is 5.31. The fourth-order valence-electron chi connectivity index (χ4n) is 1.99. The van der Waals surface area contributed by atoms with Gasteiger partial charge >= 0.3 is 5.97 Å². The summed E-state index contributed by atoms with van der Waals surface area (Å²) in [7, 11) is 0. The molecule has 2 rings (SSSR count). The van der Waals surface area contributed by atoms with Gasteiger partial charge in [-0.2, -0.15) is 0 Å². The van der Waals surface area contributed by atoms with Gasteiger partial charge < -0.3 is 15.7 Å². The van der Waals surface area contributed by atoms with Crippen LogP contribution in [-0.2, 0) is 14.4 Å². The van der Waals surface area contributed by atoms with Crippen LogP contribution in [0.4, 0.5) is 11.4 Å². The maximum Gasteiger partial charge on any atom is 0.303 e. The van der Waals surface area contributed by atoms with Crippen molar-refractivity contribution in [3.05, 3.63) is 53.6 Å². The molecule has 0 aliphatic rings. The van der Waals surface area contributed by atoms with E-state index >= 15 is 0 Å². The molecule has 0 unspecified atom stereocenters. The van der Waals surface area contributed by atoms with Gasteiger partial charge in [0.15, 0.2) is 0 Å². The molecule has 2 aromatic carbocycles. The molecule has 2 aromatic rings. The first-order valence-corrected chi connectivity index (χ1v) is 9.08. The van der Waals surface area contributed by atoms with Crippen LogP contribution in [0.15, 0.2) is 53.4 Å². The standard InChI is InChI=1S/C18H17ClN2O4S/c19-12-4-6-13(7-5-12)20-17(23)11-26-15-3-1-2-14(10-15)21-16(22)8-9-18(24)25/h1-7,10H,8-9,11H2,(H,20,23)(H,21,22)(H,24,25). The Morgan fingerprint density at radius 1 is 0.923 bits per heavy atom. The second kappa shape index (κ2) is 9.84. The van der Waals surface area contributed by atoms with Gasteiger partial charge in [-0.3, -0.25) is 14.4 Å². The average molecular weight is 393 g/mol. The van der Waals surface area contributed by atoms with Gasteiger partial charge in [-0.05, 0) is 42.5 Å². The summed E-state index contributed by atoms with van der Waals surface area (Å²) < 4.78 is 0. The van der Waals surface area contributed by atoms with Gasteiger partial charge in [0.05, 0.1) is 12.2 Å². The fraction of sp³-hybridized carbons (Fsp3) is 0.167. The van der Waals surface area contributed by atoms with Crippen molar-refractivity contribution in [2.24, 2.45) is 0 Å². The Morgan fingerprint density at radius 2 is 1.62 bits per heavy atom. The highest BCUT2D eigenvalue weighted by atomic mass is 35.5. The molecule has 26 heavy (non-hydrogen) atoms. The summed E-state index contributed by atoms with van der Waals surface area (Å²) in [5.74, 6) is -1.33. The van der Waals surface area contributed by atoms with E-state index in [4.69, 9.17) is 16.7 Å². The summed E-state index contributed by atoms with van der Waals surface area (Å²) >= 11 is 7.13. The summed E-state index contributed by atoms with van der Waals surface area (Å²) in [6, 6.07) is 13.9. The Bertz CT molecular complexity index is 796. The number of carbonyl (C=O) groups excluding carboxylic acids is 2. The first kappa shape index (κ1) is 19.8. The monoisotopic (exact) mass is 392 g/mol. The number of halogens is 1. The van der Waals surface area contributed by atoms with E-state index in [2.05, 4.69) is 10.6 Å². The van der Waals surface area contributed by atoms with Crippen molar-refractivity contribution < 1.29 is 19.5 Å². The molecule has 0 aliphatic carbocycles. The minimum atomic E-state index is -1.02. The van der Waals surface area contributed by atoms with E-state index in [1.54, 1.807) is 42.5 Å². The van der Waals surface area contributed by atoms with Crippen molar-refractivity contribution in [3.63, 3.8) is 0 Å². The third-order valence-electron chi connectivity index (χ3n) is 3.18. The van der Waals surface area contributed by atoms with Crippen molar-refractivity contribution in [2.45, 2.75) is 17.7 Å². The maximum absolute atomic E-state index is 12.0. The van der Waals surface area contributed by atoms with Crippen molar-refractivity contribution in [2.75, 3.05) is 16.4 Å². The third-order valence-corrected chi connectivity index (χ3v) is 4.43. The lowest BCUT2D eigenvalue weighted by atomic mass is 10.2. The zero-order valence-electron chi connectivity index (χ0n) is 13.7. The lowest BCUT2D eigenvalue weighted by Gasteiger charge is -2.08. The molecule has 0 aliphatic heterocycles. The molecular formula is C18H17ClN2O4S. The maximum atomic E-state index is 12.0. The van der Waals surface area contributed by atoms with Crippen LogP contribution in [0, 0.1) is 0 Å². The molecule has 2 amide bonds. The van der Waals surface area contributed by atoms with Crippen LogP contribution < -0.4 is 10.6 Å². The van der Waals surface area contributed by atoms with Crippen molar-refractivity contribution in [1.29, 1.82) is 0 Å². The molecule has 136 valence electrons. The lowest BCUT2D eigenvalue weighted by Crippen LogP contribution is -2.14. The van der Waals surface area contributed by atoms with Crippen LogP contribution in [0.25, 0.3) is 0 Å². The van der Waals surface area contributed by atoms with E-state index in [-0.39, 0.29) is 30.4 Å². The van der Waals surface area contributed by atoms with Crippen LogP contribution in [0.3, 0.4) is 0 Å². The predicted octanol–water partition coefficient (Wildman–Crippen LogP) is 3.87. The first-order valence-electron chi connectivity index (χ1n) is 7.72. The molecule has 0 aromatic heterocycles. The summed E-state index contributed by atoms with van der Waals surface area (Å²) in [5.41, 5.74) is 1.22. The molecule has 0 bridgehead atoms. The minimum absolute atomic E-state index is 0.0871. The van der Waals surface area contributed by atoms with Gasteiger partial charge in [0, 0.05) is 27.7 Å². The number of benzene rings is 2. The number of nitrogens with one attached hydrogen (secondary N) is 2. The van der Waals surface area contributed by atoms with Crippen LogP contribution in [0.5, 0.6) is 0 Å². The van der Waals surface area contributed by atoms with Gasteiger partial charge in [-0.1, -0.05) is 17.7 Å². The number of rotatable bonds is 8. The Labute approximate surface area is 159 Å². The number of aliphatic carboxylic acids is 1. The Hall–Kier alpha value is -2.51. The predicted molar refractivity (Wildman–Crippen MR) is 103 cm³/mol. The Balaban J connectivity index is 1.83. The molecule has 8 heteroatoms. The molecule has 0 fully saturated rings. The quantitative estimate of drug-likeness (QED) is 0.592. The van der Waals surface area contributed by atoms with Gasteiger partial charge in [0.2, 0.25) is 11.8 Å². The van der Waals surface area contributed by atoms with Crippen molar-refractivity contribution in [1.82, 2.24) is 0 Å². The smallest absolute Gasteiger partial charge is 0.303 e. The highest BCUT2D eigenvalue weighted by molar-refractivity contribution is 8.00. The van der Waals surface area contributed by atoms with E-state index in [9.17, 15) is 14.4 Å². The van der Waals surface area contributed by atoms with Gasteiger partial charge in [0.25, 0.3) is 0 Å². The normalized spacial score (nSPS) is 10.2. The fourth-order valence-corrected chi connectivity index (χ4v) is 2.87. The summed E-state index contributed by atoms with van der Waals surface area (Å²) in [5, 5.41) is 14.6. The second-order valence-corrected chi connectivity index (χ2v) is 6.80.